The van der Waals surface area contributed by atoms with E-state index in [9.17, 15) is 9.59 Å². The molecule has 2 aromatic heterocycles. The quantitative estimate of drug-likeness (QED) is 0.608. The third-order valence-corrected chi connectivity index (χ3v) is 4.27. The first-order valence-corrected chi connectivity index (χ1v) is 8.81. The van der Waals surface area contributed by atoms with E-state index in [1.54, 1.807) is 41.1 Å². The van der Waals surface area contributed by atoms with Crippen molar-refractivity contribution in [3.05, 3.63) is 75.7 Å². The maximum Gasteiger partial charge on any atom is 0.358 e. The summed E-state index contributed by atoms with van der Waals surface area (Å²) >= 11 is 6.14. The van der Waals surface area contributed by atoms with Gasteiger partial charge < -0.3 is 9.47 Å². The number of halogens is 1. The van der Waals surface area contributed by atoms with Gasteiger partial charge in [0.1, 0.15) is 6.61 Å². The molecule has 8 heteroatoms. The molecule has 0 N–H and O–H groups in total. The zero-order valence-corrected chi connectivity index (χ0v) is 16.4. The molecule has 0 spiro atoms. The number of nitrogens with zero attached hydrogens (tertiary/aromatic N) is 3. The molecule has 1 aromatic carbocycles. The summed E-state index contributed by atoms with van der Waals surface area (Å²) < 4.78 is 11.6. The van der Waals surface area contributed by atoms with Crippen molar-refractivity contribution in [2.24, 2.45) is 0 Å². The van der Waals surface area contributed by atoms with Crippen molar-refractivity contribution in [1.29, 1.82) is 0 Å². The normalized spacial score (nSPS) is 10.6. The van der Waals surface area contributed by atoms with Crippen molar-refractivity contribution in [2.75, 3.05) is 7.11 Å². The van der Waals surface area contributed by atoms with Gasteiger partial charge in [-0.25, -0.2) is 19.3 Å². The molecule has 0 aliphatic rings. The van der Waals surface area contributed by atoms with Gasteiger partial charge in [0.05, 0.1) is 23.4 Å². The molecule has 0 radical (unpaired) electrons. The highest BCUT2D eigenvalue weighted by molar-refractivity contribution is 6.33. The van der Waals surface area contributed by atoms with Gasteiger partial charge in [-0.15, -0.1) is 0 Å². The van der Waals surface area contributed by atoms with Crippen molar-refractivity contribution >= 4 is 23.5 Å². The minimum Gasteiger partial charge on any atom is -0.465 e. The van der Waals surface area contributed by atoms with E-state index in [0.717, 1.165) is 11.4 Å². The Kier molecular flexibility index (Phi) is 5.75. The fraction of sp³-hybridized carbons (Fsp3) is 0.200. The highest BCUT2D eigenvalue weighted by Gasteiger charge is 2.17. The molecule has 0 bridgehead atoms. The van der Waals surface area contributed by atoms with Crippen LogP contribution >= 0.6 is 11.6 Å². The first kappa shape index (κ1) is 19.6. The lowest BCUT2D eigenvalue weighted by atomic mass is 10.1. The van der Waals surface area contributed by atoms with Gasteiger partial charge in [0, 0.05) is 5.69 Å². The summed E-state index contributed by atoms with van der Waals surface area (Å²) in [6.07, 6.45) is 0. The highest BCUT2D eigenvalue weighted by atomic mass is 35.5. The number of methoxy groups -OCH3 is 1. The standard InChI is InChI=1S/C20H18ClN3O4/c1-12-9-13(2)24(23-12)17-8-7-16(21)18(22-17)20(26)28-11-14-5-4-6-15(10-14)19(25)27-3/h4-10H,11H2,1-3H3. The predicted molar refractivity (Wildman–Crippen MR) is 103 cm³/mol. The molecule has 0 fully saturated rings. The summed E-state index contributed by atoms with van der Waals surface area (Å²) in [6.45, 7) is 3.73. The first-order chi connectivity index (χ1) is 13.4. The minimum absolute atomic E-state index is 0.00385. The zero-order chi connectivity index (χ0) is 20.3. The van der Waals surface area contributed by atoms with Crippen LogP contribution in [0.5, 0.6) is 0 Å². The molecule has 144 valence electrons. The molecule has 0 saturated heterocycles. The Morgan fingerprint density at radius 1 is 1.11 bits per heavy atom. The fourth-order valence-corrected chi connectivity index (χ4v) is 2.86. The molecule has 3 aromatic rings. The fourth-order valence-electron chi connectivity index (χ4n) is 2.68. The molecular weight excluding hydrogens is 382 g/mol. The van der Waals surface area contributed by atoms with E-state index in [2.05, 4.69) is 14.8 Å². The molecule has 7 nitrogen and oxygen atoms in total. The molecule has 0 aliphatic heterocycles. The van der Waals surface area contributed by atoms with Gasteiger partial charge in [0.2, 0.25) is 0 Å². The van der Waals surface area contributed by atoms with Gasteiger partial charge in [0.25, 0.3) is 0 Å². The van der Waals surface area contributed by atoms with E-state index in [0.29, 0.717) is 16.9 Å². The molecular formula is C20H18ClN3O4. The average Bonchev–Trinajstić information content (AvgIpc) is 3.04. The maximum atomic E-state index is 12.5. The van der Waals surface area contributed by atoms with Crippen LogP contribution in [0, 0.1) is 13.8 Å². The predicted octanol–water partition coefficient (Wildman–Crippen LogP) is 3.68. The van der Waals surface area contributed by atoms with Crippen LogP contribution in [-0.2, 0) is 16.1 Å². The van der Waals surface area contributed by atoms with Crippen LogP contribution in [0.2, 0.25) is 5.02 Å². The van der Waals surface area contributed by atoms with E-state index in [4.69, 9.17) is 16.3 Å². The van der Waals surface area contributed by atoms with Crippen LogP contribution in [0.15, 0.2) is 42.5 Å². The van der Waals surface area contributed by atoms with E-state index in [1.807, 2.05) is 19.9 Å². The second-order valence-corrected chi connectivity index (χ2v) is 6.51. The Hall–Kier alpha value is -3.19. The molecule has 3 rings (SSSR count). The van der Waals surface area contributed by atoms with E-state index in [1.165, 1.54) is 7.11 Å². The molecule has 0 atom stereocenters. The number of benzene rings is 1. The Bertz CT molecular complexity index is 1050. The lowest BCUT2D eigenvalue weighted by Gasteiger charge is -2.09. The molecule has 0 unspecified atom stereocenters. The lowest BCUT2D eigenvalue weighted by Crippen LogP contribution is -2.12. The number of pyridine rings is 1. The smallest absolute Gasteiger partial charge is 0.358 e. The number of carbonyl (C=O) groups excluding carboxylic acids is 2. The Balaban J connectivity index is 1.79. The van der Waals surface area contributed by atoms with Crippen molar-refractivity contribution in [1.82, 2.24) is 14.8 Å². The number of ether oxygens (including phenoxy) is 2. The second kappa shape index (κ2) is 8.22. The Morgan fingerprint density at radius 2 is 1.89 bits per heavy atom. The van der Waals surface area contributed by atoms with Crippen molar-refractivity contribution in [3.8, 4) is 5.82 Å². The third kappa shape index (κ3) is 4.20. The van der Waals surface area contributed by atoms with Gasteiger partial charge in [0.15, 0.2) is 11.5 Å². The summed E-state index contributed by atoms with van der Waals surface area (Å²) in [4.78, 5) is 28.4. The summed E-state index contributed by atoms with van der Waals surface area (Å²) in [5.41, 5.74) is 2.73. The van der Waals surface area contributed by atoms with Crippen LogP contribution in [0.3, 0.4) is 0 Å². The Morgan fingerprint density at radius 3 is 2.57 bits per heavy atom. The van der Waals surface area contributed by atoms with Crippen molar-refractivity contribution in [2.45, 2.75) is 20.5 Å². The van der Waals surface area contributed by atoms with E-state index in [-0.39, 0.29) is 17.3 Å². The second-order valence-electron chi connectivity index (χ2n) is 6.11. The third-order valence-electron chi connectivity index (χ3n) is 3.97. The summed E-state index contributed by atoms with van der Waals surface area (Å²) in [7, 11) is 1.30. The number of esters is 2. The van der Waals surface area contributed by atoms with Gasteiger partial charge in [-0.3, -0.25) is 0 Å². The largest absolute Gasteiger partial charge is 0.465 e. The van der Waals surface area contributed by atoms with Crippen molar-refractivity contribution < 1.29 is 19.1 Å². The van der Waals surface area contributed by atoms with Crippen molar-refractivity contribution in [3.63, 3.8) is 0 Å². The molecule has 0 aliphatic carbocycles. The number of hydrogen-bond donors (Lipinski definition) is 0. The first-order valence-electron chi connectivity index (χ1n) is 8.43. The molecule has 0 saturated carbocycles. The van der Waals surface area contributed by atoms with E-state index < -0.39 is 11.9 Å². The number of rotatable bonds is 5. The van der Waals surface area contributed by atoms with Gasteiger partial charge in [-0.2, -0.15) is 5.10 Å². The van der Waals surface area contributed by atoms with Crippen LogP contribution in [0.25, 0.3) is 5.82 Å². The summed E-state index contributed by atoms with van der Waals surface area (Å²) in [5.74, 6) is -0.665. The number of carbonyl (C=O) groups is 2. The summed E-state index contributed by atoms with van der Waals surface area (Å²) in [6, 6.07) is 11.8. The highest BCUT2D eigenvalue weighted by Crippen LogP contribution is 2.19. The number of aryl methyl sites for hydroxylation is 2. The molecule has 0 amide bonds. The van der Waals surface area contributed by atoms with Crippen LogP contribution in [0.1, 0.15) is 37.8 Å². The minimum atomic E-state index is -0.670. The zero-order valence-electron chi connectivity index (χ0n) is 15.6. The Labute approximate surface area is 166 Å². The van der Waals surface area contributed by atoms with Crippen LogP contribution in [-0.4, -0.2) is 33.8 Å². The molecule has 2 heterocycles. The lowest BCUT2D eigenvalue weighted by molar-refractivity contribution is 0.0466. The molecule has 28 heavy (non-hydrogen) atoms. The van der Waals surface area contributed by atoms with Gasteiger partial charge >= 0.3 is 11.9 Å². The van der Waals surface area contributed by atoms with E-state index >= 15 is 0 Å². The van der Waals surface area contributed by atoms with Crippen LogP contribution < -0.4 is 0 Å². The number of hydrogen-bond acceptors (Lipinski definition) is 6. The van der Waals surface area contributed by atoms with Gasteiger partial charge in [-0.05, 0) is 49.7 Å². The van der Waals surface area contributed by atoms with Gasteiger partial charge in [-0.1, -0.05) is 23.7 Å². The number of aromatic nitrogens is 3. The summed E-state index contributed by atoms with van der Waals surface area (Å²) in [5, 5.41) is 4.53. The van der Waals surface area contributed by atoms with Crippen LogP contribution in [0.4, 0.5) is 0 Å². The maximum absolute atomic E-state index is 12.5. The topological polar surface area (TPSA) is 83.3 Å². The monoisotopic (exact) mass is 399 g/mol. The SMILES string of the molecule is COC(=O)c1cccc(COC(=O)c2nc(-n3nc(C)cc3C)ccc2Cl)c1. The average molecular weight is 400 g/mol.